The summed E-state index contributed by atoms with van der Waals surface area (Å²) < 4.78 is 29.0. The van der Waals surface area contributed by atoms with Crippen molar-refractivity contribution >= 4 is 12.4 Å². The minimum Gasteiger partial charge on any atom is -0.314 e. The molecule has 1 saturated carbocycles. The van der Waals surface area contributed by atoms with E-state index in [0.717, 1.165) is 39.0 Å². The molecule has 1 aromatic carbocycles. The van der Waals surface area contributed by atoms with Crippen LogP contribution in [0, 0.1) is 24.5 Å². The van der Waals surface area contributed by atoms with Gasteiger partial charge in [0.1, 0.15) is 11.6 Å². The number of aryl methyl sites for hydroxylation is 1. The van der Waals surface area contributed by atoms with Gasteiger partial charge in [0, 0.05) is 37.8 Å². The molecule has 5 heteroatoms. The standard InChI is InChI=1S/C17H24F2N2.ClH/c1-12-6-7-14(18)15(16(12)19)17(13-4-2-3-5-13)21-10-8-20-9-11-21;/h6-7,13,17,20H,2-5,8-11H2,1H3;1H/t17-;/m1./s1. The van der Waals surface area contributed by atoms with E-state index in [0.29, 0.717) is 17.0 Å². The van der Waals surface area contributed by atoms with Crippen molar-refractivity contribution in [2.45, 2.75) is 38.6 Å². The van der Waals surface area contributed by atoms with E-state index in [1.807, 2.05) is 0 Å². The zero-order valence-corrected chi connectivity index (χ0v) is 13.9. The van der Waals surface area contributed by atoms with Crippen molar-refractivity contribution in [2.75, 3.05) is 26.2 Å². The van der Waals surface area contributed by atoms with Gasteiger partial charge in [0.25, 0.3) is 0 Å². The van der Waals surface area contributed by atoms with Crippen molar-refractivity contribution < 1.29 is 8.78 Å². The van der Waals surface area contributed by atoms with Crippen LogP contribution < -0.4 is 5.32 Å². The van der Waals surface area contributed by atoms with E-state index >= 15 is 0 Å². The first kappa shape index (κ1) is 17.6. The van der Waals surface area contributed by atoms with Crippen LogP contribution in [-0.4, -0.2) is 31.1 Å². The molecule has 1 saturated heterocycles. The highest BCUT2D eigenvalue weighted by Gasteiger charge is 2.35. The molecule has 2 aliphatic rings. The Balaban J connectivity index is 0.00000176. The first-order valence-electron chi connectivity index (χ1n) is 8.07. The van der Waals surface area contributed by atoms with Crippen LogP contribution in [-0.2, 0) is 0 Å². The summed E-state index contributed by atoms with van der Waals surface area (Å²) in [6.45, 7) is 5.26. The van der Waals surface area contributed by atoms with Crippen LogP contribution in [0.15, 0.2) is 12.1 Å². The zero-order chi connectivity index (χ0) is 14.8. The van der Waals surface area contributed by atoms with E-state index in [4.69, 9.17) is 0 Å². The maximum Gasteiger partial charge on any atom is 0.133 e. The average molecular weight is 331 g/mol. The quantitative estimate of drug-likeness (QED) is 0.906. The van der Waals surface area contributed by atoms with Crippen molar-refractivity contribution in [1.82, 2.24) is 10.2 Å². The van der Waals surface area contributed by atoms with Gasteiger partial charge >= 0.3 is 0 Å². The summed E-state index contributed by atoms with van der Waals surface area (Å²) in [5.41, 5.74) is 0.855. The second-order valence-corrected chi connectivity index (χ2v) is 6.37. The number of hydrogen-bond donors (Lipinski definition) is 1. The number of hydrogen-bond acceptors (Lipinski definition) is 2. The maximum absolute atomic E-state index is 14.6. The fourth-order valence-electron chi connectivity index (χ4n) is 3.90. The molecule has 2 nitrogen and oxygen atoms in total. The molecule has 0 spiro atoms. The summed E-state index contributed by atoms with van der Waals surface area (Å²) in [7, 11) is 0. The molecular formula is C17H25ClF2N2. The van der Waals surface area contributed by atoms with Crippen LogP contribution in [0.3, 0.4) is 0 Å². The molecule has 0 unspecified atom stereocenters. The lowest BCUT2D eigenvalue weighted by Crippen LogP contribution is -2.47. The Hall–Kier alpha value is -0.710. The lowest BCUT2D eigenvalue weighted by molar-refractivity contribution is 0.119. The van der Waals surface area contributed by atoms with E-state index in [2.05, 4.69) is 10.2 Å². The van der Waals surface area contributed by atoms with Gasteiger partial charge in [0.05, 0.1) is 0 Å². The molecule has 124 valence electrons. The Morgan fingerprint density at radius 1 is 1.14 bits per heavy atom. The van der Waals surface area contributed by atoms with Gasteiger partial charge < -0.3 is 5.32 Å². The van der Waals surface area contributed by atoms with Gasteiger partial charge in [0.15, 0.2) is 0 Å². The molecule has 0 radical (unpaired) electrons. The number of benzene rings is 1. The first-order chi connectivity index (χ1) is 10.2. The highest BCUT2D eigenvalue weighted by atomic mass is 35.5. The fourth-order valence-corrected chi connectivity index (χ4v) is 3.90. The molecule has 1 aliphatic carbocycles. The Labute approximate surface area is 137 Å². The molecule has 1 aromatic rings. The Kier molecular flexibility index (Phi) is 6.18. The number of halogens is 3. The summed E-state index contributed by atoms with van der Waals surface area (Å²) >= 11 is 0. The van der Waals surface area contributed by atoms with Gasteiger partial charge in [0.2, 0.25) is 0 Å². The number of rotatable bonds is 3. The van der Waals surface area contributed by atoms with E-state index in [1.165, 1.54) is 25.0 Å². The second-order valence-electron chi connectivity index (χ2n) is 6.37. The van der Waals surface area contributed by atoms with Crippen molar-refractivity contribution in [3.63, 3.8) is 0 Å². The number of piperazine rings is 1. The van der Waals surface area contributed by atoms with E-state index in [-0.39, 0.29) is 30.1 Å². The van der Waals surface area contributed by atoms with E-state index in [1.54, 1.807) is 6.92 Å². The molecule has 1 heterocycles. The summed E-state index contributed by atoms with van der Waals surface area (Å²) in [5.74, 6) is -0.340. The lowest BCUT2D eigenvalue weighted by atomic mass is 9.88. The van der Waals surface area contributed by atoms with Crippen molar-refractivity contribution in [1.29, 1.82) is 0 Å². The van der Waals surface area contributed by atoms with Crippen LogP contribution in [0.4, 0.5) is 8.78 Å². The SMILES string of the molecule is Cc1ccc(F)c([C@@H](C2CCCC2)N2CCNCC2)c1F.Cl. The predicted octanol–water partition coefficient (Wildman–Crippen LogP) is 3.83. The van der Waals surface area contributed by atoms with Gasteiger partial charge in [-0.2, -0.15) is 0 Å². The minimum atomic E-state index is -0.381. The predicted molar refractivity (Wildman–Crippen MR) is 87.5 cm³/mol. The van der Waals surface area contributed by atoms with Crippen molar-refractivity contribution in [3.8, 4) is 0 Å². The first-order valence-corrected chi connectivity index (χ1v) is 8.07. The van der Waals surface area contributed by atoms with Crippen molar-refractivity contribution in [2.24, 2.45) is 5.92 Å². The van der Waals surface area contributed by atoms with Gasteiger partial charge in [-0.15, -0.1) is 12.4 Å². The highest BCUT2D eigenvalue weighted by molar-refractivity contribution is 5.85. The molecule has 0 aromatic heterocycles. The largest absolute Gasteiger partial charge is 0.314 e. The molecule has 3 rings (SSSR count). The summed E-state index contributed by atoms with van der Waals surface area (Å²) in [6.07, 6.45) is 4.54. The molecule has 0 bridgehead atoms. The van der Waals surface area contributed by atoms with Crippen LogP contribution in [0.2, 0.25) is 0 Å². The molecule has 2 fully saturated rings. The third-order valence-corrected chi connectivity index (χ3v) is 5.01. The van der Waals surface area contributed by atoms with Crippen LogP contribution >= 0.6 is 12.4 Å². The monoisotopic (exact) mass is 330 g/mol. The zero-order valence-electron chi connectivity index (χ0n) is 13.1. The van der Waals surface area contributed by atoms with Crippen molar-refractivity contribution in [3.05, 3.63) is 34.9 Å². The van der Waals surface area contributed by atoms with Crippen LogP contribution in [0.1, 0.15) is 42.9 Å². The average Bonchev–Trinajstić information content (AvgIpc) is 3.02. The normalized spacial score (nSPS) is 21.6. The molecule has 1 N–H and O–H groups in total. The molecule has 1 atom stereocenters. The topological polar surface area (TPSA) is 15.3 Å². The third-order valence-electron chi connectivity index (χ3n) is 5.01. The molecule has 1 aliphatic heterocycles. The number of nitrogens with one attached hydrogen (secondary N) is 1. The summed E-state index contributed by atoms with van der Waals surface area (Å²) in [4.78, 5) is 2.29. The summed E-state index contributed by atoms with van der Waals surface area (Å²) in [5, 5.41) is 3.32. The Morgan fingerprint density at radius 2 is 1.77 bits per heavy atom. The molecule has 22 heavy (non-hydrogen) atoms. The van der Waals surface area contributed by atoms with Gasteiger partial charge in [-0.05, 0) is 37.3 Å². The molecular weight excluding hydrogens is 306 g/mol. The minimum absolute atomic E-state index is 0. The van der Waals surface area contributed by atoms with Gasteiger partial charge in [-0.25, -0.2) is 8.78 Å². The molecule has 0 amide bonds. The van der Waals surface area contributed by atoms with E-state index in [9.17, 15) is 8.78 Å². The summed E-state index contributed by atoms with van der Waals surface area (Å²) in [6, 6.07) is 2.87. The van der Waals surface area contributed by atoms with Crippen LogP contribution in [0.5, 0.6) is 0 Å². The highest BCUT2D eigenvalue weighted by Crippen LogP contribution is 2.41. The smallest absolute Gasteiger partial charge is 0.133 e. The third kappa shape index (κ3) is 3.44. The second kappa shape index (κ2) is 7.71. The number of nitrogens with zero attached hydrogens (tertiary/aromatic N) is 1. The lowest BCUT2D eigenvalue weighted by Gasteiger charge is -2.39. The van der Waals surface area contributed by atoms with E-state index < -0.39 is 0 Å². The maximum atomic E-state index is 14.6. The van der Waals surface area contributed by atoms with Gasteiger partial charge in [-0.3, -0.25) is 4.90 Å². The fraction of sp³-hybridized carbons (Fsp3) is 0.647. The Bertz CT molecular complexity index is 498. The Morgan fingerprint density at radius 3 is 2.41 bits per heavy atom. The van der Waals surface area contributed by atoms with Crippen LogP contribution in [0.25, 0.3) is 0 Å². The van der Waals surface area contributed by atoms with Gasteiger partial charge in [-0.1, -0.05) is 18.9 Å².